The lowest BCUT2D eigenvalue weighted by Crippen LogP contribution is -2.33. The second-order valence-corrected chi connectivity index (χ2v) is 5.81. The number of nitrogens with zero attached hydrogens (tertiary/aromatic N) is 1. The first-order valence-corrected chi connectivity index (χ1v) is 7.43. The number of rotatable bonds is 9. The normalized spacial score (nSPS) is 16.1. The fourth-order valence-electron chi connectivity index (χ4n) is 2.12. The molecule has 0 spiro atoms. The van der Waals surface area contributed by atoms with Crippen LogP contribution >= 0.6 is 0 Å². The van der Waals surface area contributed by atoms with E-state index >= 15 is 0 Å². The maximum absolute atomic E-state index is 9.92. The molecule has 0 radical (unpaired) electrons. The van der Waals surface area contributed by atoms with Crippen LogP contribution < -0.4 is 5.32 Å². The Hall–Kier alpha value is -0.970. The fourth-order valence-corrected chi connectivity index (χ4v) is 2.12. The summed E-state index contributed by atoms with van der Waals surface area (Å²) in [5, 5.41) is 13.2. The minimum Gasteiger partial charge on any atom is -0.389 e. The number of aliphatic hydroxyl groups excluding tert-OH is 1. The third kappa shape index (κ3) is 6.98. The van der Waals surface area contributed by atoms with Gasteiger partial charge >= 0.3 is 0 Å². The standard InChI is InChI=1S/C16H28N2O2/c1-12(2)9-13(3)20-11-15(19)10-18-14(4)16-7-5-6-8-17-16/h5-8,12-15,18-19H,9-11H2,1-4H3/t13?,14-,15?/m1/s1. The molecular weight excluding hydrogens is 252 g/mol. The van der Waals surface area contributed by atoms with Gasteiger partial charge in [-0.3, -0.25) is 4.98 Å². The molecule has 1 aromatic rings. The predicted octanol–water partition coefficient (Wildman–Crippen LogP) is 2.54. The average molecular weight is 280 g/mol. The molecule has 0 amide bonds. The van der Waals surface area contributed by atoms with Gasteiger partial charge in [0.05, 0.1) is 24.5 Å². The van der Waals surface area contributed by atoms with Crippen molar-refractivity contribution < 1.29 is 9.84 Å². The predicted molar refractivity (Wildman–Crippen MR) is 81.5 cm³/mol. The lowest BCUT2D eigenvalue weighted by molar-refractivity contribution is -0.00917. The summed E-state index contributed by atoms with van der Waals surface area (Å²) in [6, 6.07) is 5.97. The molecule has 4 heteroatoms. The Morgan fingerprint density at radius 2 is 2.00 bits per heavy atom. The van der Waals surface area contributed by atoms with E-state index in [2.05, 4.69) is 31.1 Å². The van der Waals surface area contributed by atoms with Crippen LogP contribution in [0.1, 0.15) is 45.9 Å². The summed E-state index contributed by atoms with van der Waals surface area (Å²) in [5.41, 5.74) is 0.980. The molecule has 0 saturated carbocycles. The van der Waals surface area contributed by atoms with E-state index in [1.165, 1.54) is 0 Å². The molecule has 0 aliphatic rings. The molecule has 114 valence electrons. The summed E-state index contributed by atoms with van der Waals surface area (Å²) in [6.45, 7) is 9.31. The number of nitrogens with one attached hydrogen (secondary N) is 1. The van der Waals surface area contributed by atoms with E-state index in [-0.39, 0.29) is 12.1 Å². The van der Waals surface area contributed by atoms with Gasteiger partial charge in [-0.15, -0.1) is 0 Å². The van der Waals surface area contributed by atoms with E-state index < -0.39 is 6.10 Å². The summed E-state index contributed by atoms with van der Waals surface area (Å²) in [4.78, 5) is 4.29. The first kappa shape index (κ1) is 17.1. The Labute approximate surface area is 122 Å². The zero-order valence-electron chi connectivity index (χ0n) is 13.0. The van der Waals surface area contributed by atoms with Gasteiger partial charge in [0.25, 0.3) is 0 Å². The zero-order chi connectivity index (χ0) is 15.0. The molecule has 0 aliphatic carbocycles. The fraction of sp³-hybridized carbons (Fsp3) is 0.688. The minimum absolute atomic E-state index is 0.124. The van der Waals surface area contributed by atoms with E-state index in [0.717, 1.165) is 12.1 Å². The Morgan fingerprint density at radius 3 is 2.60 bits per heavy atom. The van der Waals surface area contributed by atoms with Crippen molar-refractivity contribution >= 4 is 0 Å². The van der Waals surface area contributed by atoms with Crippen molar-refractivity contribution in [2.75, 3.05) is 13.2 Å². The Morgan fingerprint density at radius 1 is 1.25 bits per heavy atom. The van der Waals surface area contributed by atoms with E-state index in [1.54, 1.807) is 6.20 Å². The lowest BCUT2D eigenvalue weighted by atomic mass is 10.1. The summed E-state index contributed by atoms with van der Waals surface area (Å²) in [6.07, 6.45) is 2.50. The highest BCUT2D eigenvalue weighted by Gasteiger charge is 2.12. The second kappa shape index (κ2) is 9.06. The molecule has 0 fully saturated rings. The Kier molecular flexibility index (Phi) is 7.73. The van der Waals surface area contributed by atoms with Gasteiger partial charge in [-0.05, 0) is 38.3 Å². The topological polar surface area (TPSA) is 54.4 Å². The highest BCUT2D eigenvalue weighted by atomic mass is 16.5. The summed E-state index contributed by atoms with van der Waals surface area (Å²) >= 11 is 0. The summed E-state index contributed by atoms with van der Waals surface area (Å²) in [7, 11) is 0. The molecule has 20 heavy (non-hydrogen) atoms. The third-order valence-electron chi connectivity index (χ3n) is 3.17. The first-order chi connectivity index (χ1) is 9.49. The van der Waals surface area contributed by atoms with Crippen LogP contribution in [0.3, 0.4) is 0 Å². The quantitative estimate of drug-likeness (QED) is 0.730. The second-order valence-electron chi connectivity index (χ2n) is 5.81. The number of pyridine rings is 1. The van der Waals surface area contributed by atoms with Gasteiger partial charge in [-0.25, -0.2) is 0 Å². The monoisotopic (exact) mass is 280 g/mol. The van der Waals surface area contributed by atoms with Crippen LogP contribution in [0.5, 0.6) is 0 Å². The van der Waals surface area contributed by atoms with Crippen LogP contribution in [0.15, 0.2) is 24.4 Å². The molecule has 1 aromatic heterocycles. The molecule has 0 bridgehead atoms. The highest BCUT2D eigenvalue weighted by molar-refractivity contribution is 5.07. The van der Waals surface area contributed by atoms with Crippen molar-refractivity contribution in [3.63, 3.8) is 0 Å². The lowest BCUT2D eigenvalue weighted by Gasteiger charge is -2.20. The maximum Gasteiger partial charge on any atom is 0.0898 e. The van der Waals surface area contributed by atoms with Crippen LogP contribution in [-0.2, 0) is 4.74 Å². The van der Waals surface area contributed by atoms with E-state index in [4.69, 9.17) is 4.74 Å². The minimum atomic E-state index is -0.490. The van der Waals surface area contributed by atoms with Crippen molar-refractivity contribution in [1.29, 1.82) is 0 Å². The molecule has 0 saturated heterocycles. The molecule has 1 heterocycles. The van der Waals surface area contributed by atoms with Crippen LogP contribution in [0.4, 0.5) is 0 Å². The third-order valence-corrected chi connectivity index (χ3v) is 3.17. The number of hydrogen-bond donors (Lipinski definition) is 2. The van der Waals surface area contributed by atoms with Crippen LogP contribution in [0, 0.1) is 5.92 Å². The molecule has 0 aromatic carbocycles. The highest BCUT2D eigenvalue weighted by Crippen LogP contribution is 2.09. The smallest absolute Gasteiger partial charge is 0.0898 e. The molecule has 1 rings (SSSR count). The maximum atomic E-state index is 9.92. The van der Waals surface area contributed by atoms with Gasteiger partial charge in [0.1, 0.15) is 0 Å². The Bertz CT molecular complexity index is 357. The van der Waals surface area contributed by atoms with Crippen LogP contribution in [0.2, 0.25) is 0 Å². The van der Waals surface area contributed by atoms with Crippen molar-refractivity contribution in [2.24, 2.45) is 5.92 Å². The van der Waals surface area contributed by atoms with Crippen molar-refractivity contribution in [3.05, 3.63) is 30.1 Å². The number of aliphatic hydroxyl groups is 1. The summed E-state index contributed by atoms with van der Waals surface area (Å²) < 4.78 is 5.65. The number of ether oxygens (including phenoxy) is 1. The van der Waals surface area contributed by atoms with Crippen molar-refractivity contribution in [1.82, 2.24) is 10.3 Å². The summed E-state index contributed by atoms with van der Waals surface area (Å²) in [5.74, 6) is 0.615. The van der Waals surface area contributed by atoms with Crippen molar-refractivity contribution in [2.45, 2.75) is 52.4 Å². The average Bonchev–Trinajstić information content (AvgIpc) is 2.42. The number of hydrogen-bond acceptors (Lipinski definition) is 4. The molecule has 0 aliphatic heterocycles. The van der Waals surface area contributed by atoms with Gasteiger partial charge in [0, 0.05) is 18.8 Å². The molecule has 3 atom stereocenters. The van der Waals surface area contributed by atoms with Crippen molar-refractivity contribution in [3.8, 4) is 0 Å². The molecule has 2 unspecified atom stereocenters. The zero-order valence-corrected chi connectivity index (χ0v) is 13.0. The first-order valence-electron chi connectivity index (χ1n) is 7.43. The van der Waals surface area contributed by atoms with Crippen LogP contribution in [0.25, 0.3) is 0 Å². The van der Waals surface area contributed by atoms with Gasteiger partial charge < -0.3 is 15.2 Å². The van der Waals surface area contributed by atoms with Gasteiger partial charge in [-0.1, -0.05) is 19.9 Å². The van der Waals surface area contributed by atoms with Gasteiger partial charge in [-0.2, -0.15) is 0 Å². The molecular formula is C16H28N2O2. The van der Waals surface area contributed by atoms with E-state index in [0.29, 0.717) is 19.1 Å². The van der Waals surface area contributed by atoms with Gasteiger partial charge in [0.2, 0.25) is 0 Å². The Balaban J connectivity index is 2.21. The molecule has 4 nitrogen and oxygen atoms in total. The SMILES string of the molecule is CC(C)CC(C)OCC(O)CN[C@H](C)c1ccccn1. The van der Waals surface area contributed by atoms with E-state index in [1.807, 2.05) is 25.1 Å². The largest absolute Gasteiger partial charge is 0.389 e. The number of aromatic nitrogens is 1. The van der Waals surface area contributed by atoms with Gasteiger partial charge in [0.15, 0.2) is 0 Å². The van der Waals surface area contributed by atoms with E-state index in [9.17, 15) is 5.11 Å². The molecule has 2 N–H and O–H groups in total. The van der Waals surface area contributed by atoms with Crippen LogP contribution in [-0.4, -0.2) is 35.5 Å².